The average Bonchev–Trinajstić information content (AvgIpc) is 2.84. The fraction of sp³-hybridized carbons (Fsp3) is 0.480. The monoisotopic (exact) mass is 474 g/mol. The molecule has 1 aromatic heterocycles. The molecule has 0 aliphatic carbocycles. The molecule has 1 aromatic carbocycles. The van der Waals surface area contributed by atoms with Gasteiger partial charge < -0.3 is 29.2 Å². The summed E-state index contributed by atoms with van der Waals surface area (Å²) in [6.45, 7) is 4.02. The van der Waals surface area contributed by atoms with Gasteiger partial charge in [-0.2, -0.15) is 0 Å². The van der Waals surface area contributed by atoms with Crippen LogP contribution in [-0.4, -0.2) is 61.6 Å². The van der Waals surface area contributed by atoms with E-state index in [0.29, 0.717) is 12.8 Å². The lowest BCUT2D eigenvalue weighted by molar-refractivity contribution is 0.0521. The van der Waals surface area contributed by atoms with Crippen LogP contribution in [0.4, 0.5) is 0 Å². The fourth-order valence-electron chi connectivity index (χ4n) is 3.41. The Kier molecular flexibility index (Phi) is 11.3. The maximum atomic E-state index is 13.2. The number of methoxy groups -OCH3 is 1. The maximum Gasteiger partial charge on any atom is 0.343 e. The molecule has 2 aromatic rings. The lowest BCUT2D eigenvalue weighted by atomic mass is 10.0. The summed E-state index contributed by atoms with van der Waals surface area (Å²) in [6, 6.07) is 8.77. The van der Waals surface area contributed by atoms with E-state index in [2.05, 4.69) is 5.32 Å². The molecule has 0 fully saturated rings. The van der Waals surface area contributed by atoms with Crippen LogP contribution < -0.4 is 15.5 Å². The van der Waals surface area contributed by atoms with Gasteiger partial charge in [0.1, 0.15) is 5.56 Å². The second-order valence-electron chi connectivity index (χ2n) is 7.65. The number of carbonyl (C=O) groups excluding carboxylic acids is 2. The summed E-state index contributed by atoms with van der Waals surface area (Å²) in [5.41, 5.74) is -0.121. The van der Waals surface area contributed by atoms with Gasteiger partial charge in [-0.1, -0.05) is 43.7 Å². The van der Waals surface area contributed by atoms with Gasteiger partial charge in [0.15, 0.2) is 11.4 Å². The predicted octanol–water partition coefficient (Wildman–Crippen LogP) is 2.36. The highest BCUT2D eigenvalue weighted by Gasteiger charge is 2.29. The first-order chi connectivity index (χ1) is 16.5. The normalized spacial score (nSPS) is 11.6. The smallest absolute Gasteiger partial charge is 0.343 e. The summed E-state index contributed by atoms with van der Waals surface area (Å²) in [6.07, 6.45) is 3.10. The van der Waals surface area contributed by atoms with Crippen LogP contribution in [0, 0.1) is 0 Å². The zero-order valence-electron chi connectivity index (χ0n) is 20.0. The Bertz CT molecular complexity index is 989. The molecule has 0 saturated carbocycles. The van der Waals surface area contributed by atoms with E-state index in [1.165, 1.54) is 17.9 Å². The number of carbonyl (C=O) groups is 2. The number of aliphatic hydroxyl groups is 1. The Morgan fingerprint density at radius 3 is 2.50 bits per heavy atom. The quantitative estimate of drug-likeness (QED) is 0.319. The summed E-state index contributed by atoms with van der Waals surface area (Å²) < 4.78 is 17.3. The summed E-state index contributed by atoms with van der Waals surface area (Å²) in [5.74, 6) is -1.62. The first-order valence-corrected chi connectivity index (χ1v) is 11.5. The van der Waals surface area contributed by atoms with Crippen LogP contribution in [-0.2, 0) is 15.9 Å². The number of hydrogen-bond acceptors (Lipinski definition) is 7. The highest BCUT2D eigenvalue weighted by Crippen LogP contribution is 2.23. The molecule has 1 heterocycles. The predicted molar refractivity (Wildman–Crippen MR) is 128 cm³/mol. The number of aliphatic hydroxyl groups excluding tert-OH is 1. The molecule has 0 unspecified atom stereocenters. The molecule has 1 atom stereocenters. The van der Waals surface area contributed by atoms with Gasteiger partial charge in [-0.15, -0.1) is 0 Å². The van der Waals surface area contributed by atoms with Gasteiger partial charge in [0.2, 0.25) is 5.43 Å². The van der Waals surface area contributed by atoms with Crippen LogP contribution in [0.25, 0.3) is 0 Å². The van der Waals surface area contributed by atoms with E-state index < -0.39 is 23.3 Å². The number of hydrogen-bond donors (Lipinski definition) is 2. The van der Waals surface area contributed by atoms with E-state index in [9.17, 15) is 19.5 Å². The van der Waals surface area contributed by atoms with Crippen molar-refractivity contribution in [1.82, 2.24) is 9.88 Å². The van der Waals surface area contributed by atoms with Gasteiger partial charge in [0.05, 0.1) is 32.5 Å². The van der Waals surface area contributed by atoms with Gasteiger partial charge in [0, 0.05) is 19.9 Å². The van der Waals surface area contributed by atoms with Crippen molar-refractivity contribution in [2.75, 3.05) is 40.1 Å². The van der Waals surface area contributed by atoms with Gasteiger partial charge in [-0.05, 0) is 25.3 Å². The molecule has 186 valence electrons. The first kappa shape index (κ1) is 27.1. The second kappa shape index (κ2) is 14.2. The molecule has 0 radical (unpaired) electrons. The maximum absolute atomic E-state index is 13.2. The van der Waals surface area contributed by atoms with E-state index in [1.807, 2.05) is 37.3 Å². The number of unbranched alkanes of at least 4 members (excludes halogenated alkanes) is 1. The molecule has 9 nitrogen and oxygen atoms in total. The molecule has 0 aliphatic heterocycles. The van der Waals surface area contributed by atoms with Crippen molar-refractivity contribution in [3.05, 3.63) is 63.6 Å². The highest BCUT2D eigenvalue weighted by atomic mass is 16.5. The van der Waals surface area contributed by atoms with Crippen LogP contribution >= 0.6 is 0 Å². The zero-order valence-corrected chi connectivity index (χ0v) is 20.0. The Hall–Kier alpha value is -3.17. The molecule has 2 rings (SSSR count). The Balaban J connectivity index is 2.68. The summed E-state index contributed by atoms with van der Waals surface area (Å²) >= 11 is 0. The number of rotatable bonds is 14. The van der Waals surface area contributed by atoms with Crippen molar-refractivity contribution in [2.24, 2.45) is 0 Å². The molecule has 1 amide bonds. The number of nitrogens with zero attached hydrogens (tertiary/aromatic N) is 1. The molecule has 0 bridgehead atoms. The van der Waals surface area contributed by atoms with Crippen LogP contribution in [0.15, 0.2) is 41.3 Å². The van der Waals surface area contributed by atoms with Gasteiger partial charge in [-0.25, -0.2) is 4.79 Å². The van der Waals surface area contributed by atoms with Crippen molar-refractivity contribution >= 4 is 11.9 Å². The largest absolute Gasteiger partial charge is 0.487 e. The molecule has 0 saturated heterocycles. The summed E-state index contributed by atoms with van der Waals surface area (Å²) in [7, 11) is 1.51. The number of esters is 1. The van der Waals surface area contributed by atoms with Crippen molar-refractivity contribution in [3.8, 4) is 5.75 Å². The van der Waals surface area contributed by atoms with Crippen molar-refractivity contribution in [2.45, 2.75) is 39.2 Å². The van der Waals surface area contributed by atoms with Crippen LogP contribution in [0.2, 0.25) is 0 Å². The minimum atomic E-state index is -0.815. The van der Waals surface area contributed by atoms with Crippen LogP contribution in [0.3, 0.4) is 0 Å². The number of benzene rings is 1. The van der Waals surface area contributed by atoms with E-state index in [-0.39, 0.29) is 50.0 Å². The molecule has 34 heavy (non-hydrogen) atoms. The standard InChI is InChI=1S/C25H34N2O7/c1-4-6-13-34-23-21(24(30)26-12-14-32-3)27(16-20(22(23)29)25(31)33-5-2)19(17-28)15-18-10-8-7-9-11-18/h7-11,16,19,28H,4-6,12-15,17H2,1-3H3,(H,26,30)/t19-/m0/s1. The Morgan fingerprint density at radius 1 is 1.15 bits per heavy atom. The molecule has 0 spiro atoms. The van der Waals surface area contributed by atoms with E-state index >= 15 is 0 Å². The number of ether oxygens (including phenoxy) is 3. The van der Waals surface area contributed by atoms with Crippen LogP contribution in [0.1, 0.15) is 59.1 Å². The van der Waals surface area contributed by atoms with Crippen molar-refractivity contribution in [3.63, 3.8) is 0 Å². The van der Waals surface area contributed by atoms with Crippen molar-refractivity contribution in [1.29, 1.82) is 0 Å². The number of aromatic nitrogens is 1. The molecular formula is C25H34N2O7. The lowest BCUT2D eigenvalue weighted by Crippen LogP contribution is -2.36. The first-order valence-electron chi connectivity index (χ1n) is 11.5. The number of amides is 1. The topological polar surface area (TPSA) is 116 Å². The molecular weight excluding hydrogens is 440 g/mol. The molecule has 9 heteroatoms. The Labute approximate surface area is 199 Å². The average molecular weight is 475 g/mol. The van der Waals surface area contributed by atoms with Crippen molar-refractivity contribution < 1.29 is 28.9 Å². The third-order valence-corrected chi connectivity index (χ3v) is 5.16. The zero-order chi connectivity index (χ0) is 24.9. The fourth-order valence-corrected chi connectivity index (χ4v) is 3.41. The van der Waals surface area contributed by atoms with E-state index in [1.54, 1.807) is 6.92 Å². The summed E-state index contributed by atoms with van der Waals surface area (Å²) in [5, 5.41) is 13.0. The second-order valence-corrected chi connectivity index (χ2v) is 7.65. The SMILES string of the molecule is CCCCOc1c(C(=O)NCCOC)n([C@H](CO)Cc2ccccc2)cc(C(=O)OCC)c1=O. The van der Waals surface area contributed by atoms with Gasteiger partial charge in [0.25, 0.3) is 5.91 Å². The third-order valence-electron chi connectivity index (χ3n) is 5.16. The minimum Gasteiger partial charge on any atom is -0.487 e. The lowest BCUT2D eigenvalue weighted by Gasteiger charge is -2.25. The minimum absolute atomic E-state index is 0.0553. The van der Waals surface area contributed by atoms with Gasteiger partial charge >= 0.3 is 5.97 Å². The molecule has 0 aliphatic rings. The highest BCUT2D eigenvalue weighted by molar-refractivity contribution is 5.97. The number of pyridine rings is 1. The Morgan fingerprint density at radius 2 is 1.88 bits per heavy atom. The van der Waals surface area contributed by atoms with E-state index in [4.69, 9.17) is 14.2 Å². The number of nitrogens with one attached hydrogen (secondary N) is 1. The van der Waals surface area contributed by atoms with E-state index in [0.717, 1.165) is 12.0 Å². The molecule has 2 N–H and O–H groups in total. The van der Waals surface area contributed by atoms with Gasteiger partial charge in [-0.3, -0.25) is 9.59 Å². The van der Waals surface area contributed by atoms with Crippen LogP contribution in [0.5, 0.6) is 5.75 Å². The third kappa shape index (κ3) is 7.16. The summed E-state index contributed by atoms with van der Waals surface area (Å²) in [4.78, 5) is 39.1.